The van der Waals surface area contributed by atoms with Crippen LogP contribution in [0.5, 0.6) is 0 Å². The molecule has 1 heterocycles. The molecule has 15 heavy (non-hydrogen) atoms. The molecule has 0 unspecified atom stereocenters. The van der Waals surface area contributed by atoms with E-state index in [2.05, 4.69) is 4.98 Å². The lowest BCUT2D eigenvalue weighted by molar-refractivity contribution is 0.0698. The standard InChI is InChI=1S/C10H15N3O2/c1-6(2)13(3)9-8(11)7(10(14)15)4-5-12-9/h4-6H,11H2,1-3H3,(H,14,15). The zero-order valence-electron chi connectivity index (χ0n) is 9.06. The van der Waals surface area contributed by atoms with Gasteiger partial charge < -0.3 is 15.7 Å². The first-order valence-corrected chi connectivity index (χ1v) is 4.65. The molecule has 1 rings (SSSR count). The molecule has 1 aromatic heterocycles. The van der Waals surface area contributed by atoms with Gasteiger partial charge in [0.2, 0.25) is 0 Å². The van der Waals surface area contributed by atoms with E-state index < -0.39 is 5.97 Å². The van der Waals surface area contributed by atoms with Crippen molar-refractivity contribution in [3.05, 3.63) is 17.8 Å². The molecule has 0 amide bonds. The molecule has 5 nitrogen and oxygen atoms in total. The van der Waals surface area contributed by atoms with E-state index in [0.717, 1.165) is 0 Å². The number of anilines is 2. The number of carbonyl (C=O) groups is 1. The molecule has 0 aliphatic rings. The molecule has 1 aromatic rings. The monoisotopic (exact) mass is 209 g/mol. The van der Waals surface area contributed by atoms with Crippen molar-refractivity contribution < 1.29 is 9.90 Å². The Morgan fingerprint density at radius 2 is 2.20 bits per heavy atom. The van der Waals surface area contributed by atoms with E-state index in [-0.39, 0.29) is 17.3 Å². The Balaban J connectivity index is 3.21. The number of carboxylic acid groups (broad SMARTS) is 1. The number of hydrogen-bond donors (Lipinski definition) is 2. The average Bonchev–Trinajstić information content (AvgIpc) is 2.16. The van der Waals surface area contributed by atoms with Crippen LogP contribution in [0.25, 0.3) is 0 Å². The van der Waals surface area contributed by atoms with E-state index >= 15 is 0 Å². The van der Waals surface area contributed by atoms with Crippen LogP contribution < -0.4 is 10.6 Å². The first kappa shape index (κ1) is 11.3. The van der Waals surface area contributed by atoms with E-state index in [9.17, 15) is 4.79 Å². The number of nitrogens with two attached hydrogens (primary N) is 1. The second kappa shape index (κ2) is 4.16. The Labute approximate surface area is 88.5 Å². The molecule has 0 aromatic carbocycles. The number of aromatic carboxylic acids is 1. The quantitative estimate of drug-likeness (QED) is 0.782. The fourth-order valence-corrected chi connectivity index (χ4v) is 1.17. The first-order chi connectivity index (χ1) is 6.95. The van der Waals surface area contributed by atoms with Gasteiger partial charge in [-0.1, -0.05) is 0 Å². The van der Waals surface area contributed by atoms with Crippen molar-refractivity contribution in [3.8, 4) is 0 Å². The highest BCUT2D eigenvalue weighted by molar-refractivity contribution is 5.96. The highest BCUT2D eigenvalue weighted by Gasteiger charge is 2.16. The summed E-state index contributed by atoms with van der Waals surface area (Å²) in [5, 5.41) is 8.88. The van der Waals surface area contributed by atoms with E-state index in [1.165, 1.54) is 12.3 Å². The number of nitrogen functional groups attached to an aromatic ring is 1. The van der Waals surface area contributed by atoms with Crippen LogP contribution in [0.4, 0.5) is 11.5 Å². The van der Waals surface area contributed by atoms with Crippen LogP contribution >= 0.6 is 0 Å². The van der Waals surface area contributed by atoms with Crippen LogP contribution in [0, 0.1) is 0 Å². The van der Waals surface area contributed by atoms with Crippen LogP contribution in [0.3, 0.4) is 0 Å². The number of nitrogens with zero attached hydrogens (tertiary/aromatic N) is 2. The van der Waals surface area contributed by atoms with Gasteiger partial charge >= 0.3 is 5.97 Å². The Kier molecular flexibility index (Phi) is 3.14. The van der Waals surface area contributed by atoms with Crippen molar-refractivity contribution in [1.29, 1.82) is 0 Å². The molecular formula is C10H15N3O2. The van der Waals surface area contributed by atoms with Crippen molar-refractivity contribution in [3.63, 3.8) is 0 Å². The predicted molar refractivity (Wildman–Crippen MR) is 59.1 cm³/mol. The lowest BCUT2D eigenvalue weighted by Gasteiger charge is -2.24. The Morgan fingerprint density at radius 1 is 1.60 bits per heavy atom. The summed E-state index contributed by atoms with van der Waals surface area (Å²) < 4.78 is 0. The van der Waals surface area contributed by atoms with Gasteiger partial charge in [0.1, 0.15) is 0 Å². The van der Waals surface area contributed by atoms with Gasteiger partial charge in [-0.3, -0.25) is 0 Å². The van der Waals surface area contributed by atoms with Crippen LogP contribution in [0.15, 0.2) is 12.3 Å². The third-order valence-corrected chi connectivity index (χ3v) is 2.31. The van der Waals surface area contributed by atoms with Gasteiger partial charge in [-0.2, -0.15) is 0 Å². The molecule has 82 valence electrons. The highest BCUT2D eigenvalue weighted by Crippen LogP contribution is 2.24. The lowest BCUT2D eigenvalue weighted by atomic mass is 10.2. The van der Waals surface area contributed by atoms with Crippen LogP contribution in [-0.4, -0.2) is 29.1 Å². The molecular weight excluding hydrogens is 194 g/mol. The second-order valence-electron chi connectivity index (χ2n) is 3.61. The summed E-state index contributed by atoms with van der Waals surface area (Å²) in [7, 11) is 1.83. The van der Waals surface area contributed by atoms with Crippen LogP contribution in [0.2, 0.25) is 0 Å². The Morgan fingerprint density at radius 3 is 2.67 bits per heavy atom. The predicted octanol–water partition coefficient (Wildman–Crippen LogP) is 1.21. The number of hydrogen-bond acceptors (Lipinski definition) is 4. The van der Waals surface area contributed by atoms with E-state index in [1.807, 2.05) is 25.8 Å². The highest BCUT2D eigenvalue weighted by atomic mass is 16.4. The van der Waals surface area contributed by atoms with Crippen LogP contribution in [-0.2, 0) is 0 Å². The summed E-state index contributed by atoms with van der Waals surface area (Å²) in [6.07, 6.45) is 1.45. The summed E-state index contributed by atoms with van der Waals surface area (Å²) in [6, 6.07) is 1.61. The number of pyridine rings is 1. The maximum atomic E-state index is 10.8. The Hall–Kier alpha value is -1.78. The number of carboxylic acids is 1. The average molecular weight is 209 g/mol. The fourth-order valence-electron chi connectivity index (χ4n) is 1.17. The van der Waals surface area contributed by atoms with Crippen LogP contribution in [0.1, 0.15) is 24.2 Å². The van der Waals surface area contributed by atoms with Gasteiger partial charge in [-0.15, -0.1) is 0 Å². The van der Waals surface area contributed by atoms with E-state index in [0.29, 0.717) is 5.82 Å². The molecule has 0 saturated carbocycles. The van der Waals surface area contributed by atoms with Crippen molar-refractivity contribution in [2.75, 3.05) is 17.7 Å². The molecule has 0 radical (unpaired) electrons. The summed E-state index contributed by atoms with van der Waals surface area (Å²) in [5.41, 5.74) is 6.04. The second-order valence-corrected chi connectivity index (χ2v) is 3.61. The Bertz CT molecular complexity index is 377. The van der Waals surface area contributed by atoms with Crippen molar-refractivity contribution in [2.45, 2.75) is 19.9 Å². The van der Waals surface area contributed by atoms with Gasteiger partial charge in [0.25, 0.3) is 0 Å². The van der Waals surface area contributed by atoms with Gasteiger partial charge in [0.15, 0.2) is 5.82 Å². The lowest BCUT2D eigenvalue weighted by Crippen LogP contribution is -2.28. The van der Waals surface area contributed by atoms with Crippen molar-refractivity contribution in [1.82, 2.24) is 4.98 Å². The summed E-state index contributed by atoms with van der Waals surface area (Å²) in [5.74, 6) is -0.529. The smallest absolute Gasteiger partial charge is 0.337 e. The van der Waals surface area contributed by atoms with Crippen molar-refractivity contribution >= 4 is 17.5 Å². The summed E-state index contributed by atoms with van der Waals surface area (Å²) in [4.78, 5) is 16.8. The molecule has 0 fully saturated rings. The third-order valence-electron chi connectivity index (χ3n) is 2.31. The summed E-state index contributed by atoms with van der Waals surface area (Å²) >= 11 is 0. The zero-order valence-corrected chi connectivity index (χ0v) is 9.06. The van der Waals surface area contributed by atoms with E-state index in [1.54, 1.807) is 0 Å². The first-order valence-electron chi connectivity index (χ1n) is 4.65. The molecule has 0 aliphatic carbocycles. The van der Waals surface area contributed by atoms with Crippen molar-refractivity contribution in [2.24, 2.45) is 0 Å². The SMILES string of the molecule is CC(C)N(C)c1nccc(C(=O)O)c1N. The van der Waals surface area contributed by atoms with Gasteiger partial charge in [0, 0.05) is 19.3 Å². The molecule has 0 atom stereocenters. The topological polar surface area (TPSA) is 79.5 Å². The minimum atomic E-state index is -1.03. The maximum Gasteiger partial charge on any atom is 0.337 e. The maximum absolute atomic E-state index is 10.8. The molecule has 0 aliphatic heterocycles. The number of rotatable bonds is 3. The molecule has 3 N–H and O–H groups in total. The largest absolute Gasteiger partial charge is 0.478 e. The summed E-state index contributed by atoms with van der Waals surface area (Å²) in [6.45, 7) is 3.96. The van der Waals surface area contributed by atoms with Gasteiger partial charge in [-0.25, -0.2) is 9.78 Å². The molecule has 0 bridgehead atoms. The third kappa shape index (κ3) is 2.18. The molecule has 5 heteroatoms. The minimum Gasteiger partial charge on any atom is -0.478 e. The molecule has 0 saturated heterocycles. The fraction of sp³-hybridized carbons (Fsp3) is 0.400. The van der Waals surface area contributed by atoms with Gasteiger partial charge in [0.05, 0.1) is 11.3 Å². The van der Waals surface area contributed by atoms with E-state index in [4.69, 9.17) is 10.8 Å². The minimum absolute atomic E-state index is 0.0903. The normalized spacial score (nSPS) is 10.4. The molecule has 0 spiro atoms. The van der Waals surface area contributed by atoms with Gasteiger partial charge in [-0.05, 0) is 19.9 Å². The number of aromatic nitrogens is 1. The zero-order chi connectivity index (χ0) is 11.6.